The van der Waals surface area contributed by atoms with Crippen LogP contribution < -0.4 is 0 Å². The van der Waals surface area contributed by atoms with Crippen molar-refractivity contribution < 1.29 is 44.1 Å². The van der Waals surface area contributed by atoms with E-state index < -0.39 is 19.0 Å². The molecule has 0 aromatic carbocycles. The van der Waals surface area contributed by atoms with Crippen LogP contribution in [0.1, 0.15) is 33.6 Å². The Kier molecular flexibility index (Phi) is 6.94. The van der Waals surface area contributed by atoms with E-state index in [-0.39, 0.29) is 0 Å². The molecule has 1 rings (SSSR count). The fourth-order valence-corrected chi connectivity index (χ4v) is 2.37. The number of hydrogen-bond donors (Lipinski definition) is 0. The Hall–Kier alpha value is -0.575. The molecule has 0 N–H and O–H groups in total. The molecular formula is C12H22BF8NO. The number of hydrogen-bond acceptors (Lipinski definition) is 1. The van der Waals surface area contributed by atoms with E-state index in [0.717, 1.165) is 11.2 Å². The maximum Gasteiger partial charge on any atom is 0.558 e. The average molecular weight is 359 g/mol. The molecule has 1 aliphatic rings. The molecular weight excluding hydrogens is 337 g/mol. The third-order valence-corrected chi connectivity index (χ3v) is 4.01. The number of halogens is 8. The minimum Gasteiger partial charge on any atom is -0.445 e. The minimum atomic E-state index is -7.21. The maximum absolute atomic E-state index is 11.2. The summed E-state index contributed by atoms with van der Waals surface area (Å²) in [7, 11) is 1.81. The van der Waals surface area contributed by atoms with Crippen LogP contribution in [-0.4, -0.2) is 55.9 Å². The summed E-state index contributed by atoms with van der Waals surface area (Å²) in [5, 5.41) is 0. The summed E-state index contributed by atoms with van der Waals surface area (Å²) >= 11 is 0. The lowest BCUT2D eigenvalue weighted by atomic mass is 9.80. The lowest BCUT2D eigenvalue weighted by Gasteiger charge is -2.44. The molecule has 0 radical (unpaired) electrons. The van der Waals surface area contributed by atoms with Crippen molar-refractivity contribution in [3.63, 3.8) is 0 Å². The zero-order valence-electron chi connectivity index (χ0n) is 13.5. The average Bonchev–Trinajstić information content (AvgIpc) is 2.76. The number of methoxy groups -OCH3 is 1. The van der Waals surface area contributed by atoms with Gasteiger partial charge in [0.1, 0.15) is 0 Å². The molecule has 1 heterocycles. The number of alkyl halides is 5. The summed E-state index contributed by atoms with van der Waals surface area (Å²) in [6, 6.07) is 0. The molecule has 140 valence electrons. The summed E-state index contributed by atoms with van der Waals surface area (Å²) in [5.74, 6) is -6.56. The minimum absolute atomic E-state index is 0.340. The molecule has 0 unspecified atom stereocenters. The molecule has 0 spiro atoms. The first-order valence-electron chi connectivity index (χ1n) is 7.01. The van der Waals surface area contributed by atoms with E-state index in [9.17, 15) is 34.9 Å². The molecule has 0 amide bonds. The molecule has 0 saturated carbocycles. The van der Waals surface area contributed by atoms with Gasteiger partial charge in [0.2, 0.25) is 0 Å². The SMILES string of the molecule is COC[N+]1(C(C)(C)C)CCCC1.F[B-](F)(F)C(F)(F)C(F)(F)F. The van der Waals surface area contributed by atoms with Crippen LogP contribution in [0.25, 0.3) is 0 Å². The van der Waals surface area contributed by atoms with Crippen LogP contribution in [0.3, 0.4) is 0 Å². The molecule has 0 atom stereocenters. The van der Waals surface area contributed by atoms with E-state index in [2.05, 4.69) is 20.8 Å². The third-order valence-electron chi connectivity index (χ3n) is 4.01. The molecule has 0 aromatic heterocycles. The van der Waals surface area contributed by atoms with Crippen LogP contribution in [0, 0.1) is 0 Å². The summed E-state index contributed by atoms with van der Waals surface area (Å²) in [5.41, 5.74) is 0.340. The van der Waals surface area contributed by atoms with E-state index in [1.54, 1.807) is 0 Å². The topological polar surface area (TPSA) is 9.23 Å². The predicted octanol–water partition coefficient (Wildman–Crippen LogP) is 4.57. The molecule has 1 aliphatic heterocycles. The second-order valence-corrected chi connectivity index (χ2v) is 6.58. The van der Waals surface area contributed by atoms with Gasteiger partial charge in [0.05, 0.1) is 18.6 Å². The maximum atomic E-state index is 11.2. The second kappa shape index (κ2) is 7.12. The van der Waals surface area contributed by atoms with Gasteiger partial charge in [-0.1, -0.05) is 0 Å². The Morgan fingerprint density at radius 1 is 0.913 bits per heavy atom. The van der Waals surface area contributed by atoms with Crippen molar-refractivity contribution in [2.75, 3.05) is 26.9 Å². The standard InChI is InChI=1S/C10H22NO.C2BF8/c1-10(2,3)11(9-12-4)7-5-6-8-11;4-1(5,2(6,7)8)3(9,10)11/h5-9H2,1-4H3;/q+1;-1. The van der Waals surface area contributed by atoms with Gasteiger partial charge in [0, 0.05) is 20.0 Å². The largest absolute Gasteiger partial charge is 0.558 e. The Morgan fingerprint density at radius 3 is 1.48 bits per heavy atom. The van der Waals surface area contributed by atoms with E-state index in [1.807, 2.05) is 7.11 Å². The first kappa shape index (κ1) is 22.4. The smallest absolute Gasteiger partial charge is 0.445 e. The van der Waals surface area contributed by atoms with Crippen molar-refractivity contribution in [3.8, 4) is 0 Å². The predicted molar refractivity (Wildman–Crippen MR) is 70.9 cm³/mol. The van der Waals surface area contributed by atoms with Crippen LogP contribution in [0.2, 0.25) is 0 Å². The highest BCUT2D eigenvalue weighted by Gasteiger charge is 2.69. The van der Waals surface area contributed by atoms with Crippen molar-refractivity contribution >= 4 is 6.98 Å². The van der Waals surface area contributed by atoms with E-state index in [0.29, 0.717) is 5.54 Å². The van der Waals surface area contributed by atoms with Gasteiger partial charge < -0.3 is 17.7 Å². The highest BCUT2D eigenvalue weighted by atomic mass is 19.4. The van der Waals surface area contributed by atoms with Crippen LogP contribution in [-0.2, 0) is 4.74 Å². The molecule has 0 aliphatic carbocycles. The summed E-state index contributed by atoms with van der Waals surface area (Å²) < 4.78 is 94.3. The van der Waals surface area contributed by atoms with Crippen LogP contribution in [0.15, 0.2) is 0 Å². The van der Waals surface area contributed by atoms with Gasteiger partial charge in [-0.3, -0.25) is 4.48 Å². The van der Waals surface area contributed by atoms with Gasteiger partial charge in [0.25, 0.3) is 0 Å². The Balaban J connectivity index is 0.000000423. The van der Waals surface area contributed by atoms with Gasteiger partial charge in [-0.25, -0.2) is 8.78 Å². The molecule has 0 bridgehead atoms. The molecule has 11 heteroatoms. The van der Waals surface area contributed by atoms with Gasteiger partial charge >= 0.3 is 19.0 Å². The third kappa shape index (κ3) is 5.20. The quantitative estimate of drug-likeness (QED) is 0.408. The summed E-state index contributed by atoms with van der Waals surface area (Å²) in [6.45, 7) is 3.20. The van der Waals surface area contributed by atoms with Gasteiger partial charge in [0.15, 0.2) is 6.73 Å². The number of nitrogens with zero attached hydrogens (tertiary/aromatic N) is 1. The van der Waals surface area contributed by atoms with Crippen molar-refractivity contribution in [1.82, 2.24) is 0 Å². The molecule has 0 aromatic rings. The zero-order chi connectivity index (χ0) is 18.7. The number of quaternary nitrogens is 1. The normalized spacial score (nSPS) is 19.3. The van der Waals surface area contributed by atoms with Gasteiger partial charge in [-0.15, -0.1) is 0 Å². The highest BCUT2D eigenvalue weighted by molar-refractivity contribution is 6.61. The van der Waals surface area contributed by atoms with Crippen molar-refractivity contribution in [3.05, 3.63) is 0 Å². The monoisotopic (exact) mass is 359 g/mol. The lowest BCUT2D eigenvalue weighted by molar-refractivity contribution is -0.976. The first-order valence-corrected chi connectivity index (χ1v) is 7.01. The Bertz CT molecular complexity index is 353. The highest BCUT2D eigenvalue weighted by Crippen LogP contribution is 2.44. The molecule has 1 saturated heterocycles. The van der Waals surface area contributed by atoms with Crippen molar-refractivity contribution in [2.45, 2.75) is 51.1 Å². The van der Waals surface area contributed by atoms with Gasteiger partial charge in [-0.05, 0) is 20.8 Å². The van der Waals surface area contributed by atoms with Crippen LogP contribution in [0.4, 0.5) is 34.9 Å². The van der Waals surface area contributed by atoms with Crippen LogP contribution >= 0.6 is 0 Å². The Morgan fingerprint density at radius 2 is 1.30 bits per heavy atom. The fourth-order valence-electron chi connectivity index (χ4n) is 2.37. The van der Waals surface area contributed by atoms with E-state index >= 15 is 0 Å². The van der Waals surface area contributed by atoms with Crippen molar-refractivity contribution in [2.24, 2.45) is 0 Å². The van der Waals surface area contributed by atoms with E-state index in [4.69, 9.17) is 4.74 Å². The van der Waals surface area contributed by atoms with Crippen molar-refractivity contribution in [1.29, 1.82) is 0 Å². The van der Waals surface area contributed by atoms with Gasteiger partial charge in [-0.2, -0.15) is 13.2 Å². The second-order valence-electron chi connectivity index (χ2n) is 6.58. The zero-order valence-corrected chi connectivity index (χ0v) is 13.5. The molecule has 23 heavy (non-hydrogen) atoms. The number of ether oxygens (including phenoxy) is 1. The van der Waals surface area contributed by atoms with Crippen LogP contribution in [0.5, 0.6) is 0 Å². The number of rotatable bonds is 3. The number of likely N-dealkylation sites (tertiary alicyclic amines) is 1. The Labute approximate surface area is 130 Å². The summed E-state index contributed by atoms with van der Waals surface area (Å²) in [4.78, 5) is 0. The first-order chi connectivity index (χ1) is 10.0. The fraction of sp³-hybridized carbons (Fsp3) is 1.00. The lowest BCUT2D eigenvalue weighted by Crippen LogP contribution is -2.59. The van der Waals surface area contributed by atoms with E-state index in [1.165, 1.54) is 25.9 Å². The molecule has 1 fully saturated rings. The molecule has 2 nitrogen and oxygen atoms in total. The summed E-state index contributed by atoms with van der Waals surface area (Å²) in [6.07, 6.45) is -3.83.